The number of amides is 1. The summed E-state index contributed by atoms with van der Waals surface area (Å²) < 4.78 is 0. The first-order valence-electron chi connectivity index (χ1n) is 8.32. The molecule has 6 heteroatoms. The van der Waals surface area contributed by atoms with Gasteiger partial charge in [0.2, 0.25) is 5.91 Å². The number of carbonyl (C=O) groups is 1. The van der Waals surface area contributed by atoms with Crippen molar-refractivity contribution >= 4 is 22.4 Å². The third kappa shape index (κ3) is 4.01. The van der Waals surface area contributed by atoms with Gasteiger partial charge < -0.3 is 10.4 Å². The monoisotopic (exact) mass is 345 g/mol. The van der Waals surface area contributed by atoms with Crippen LogP contribution >= 0.6 is 11.3 Å². The van der Waals surface area contributed by atoms with E-state index in [2.05, 4.69) is 39.5 Å². The van der Waals surface area contributed by atoms with Crippen molar-refractivity contribution < 1.29 is 9.90 Å². The van der Waals surface area contributed by atoms with Crippen LogP contribution in [-0.4, -0.2) is 40.6 Å². The van der Waals surface area contributed by atoms with Gasteiger partial charge in [-0.15, -0.1) is 11.3 Å². The van der Waals surface area contributed by atoms with E-state index in [0.717, 1.165) is 18.5 Å². The third-order valence-corrected chi connectivity index (χ3v) is 5.23. The van der Waals surface area contributed by atoms with Crippen LogP contribution in [0.2, 0.25) is 0 Å². The van der Waals surface area contributed by atoms with Crippen LogP contribution in [0.15, 0.2) is 29.6 Å². The molecule has 24 heavy (non-hydrogen) atoms. The van der Waals surface area contributed by atoms with Crippen molar-refractivity contribution in [1.82, 2.24) is 9.88 Å². The van der Waals surface area contributed by atoms with Gasteiger partial charge in [-0.05, 0) is 37.3 Å². The zero-order valence-corrected chi connectivity index (χ0v) is 14.7. The van der Waals surface area contributed by atoms with E-state index < -0.39 is 0 Å². The number of thiazole rings is 1. The zero-order chi connectivity index (χ0) is 16.9. The normalized spacial score (nSPS) is 16.4. The van der Waals surface area contributed by atoms with Gasteiger partial charge in [-0.25, -0.2) is 4.98 Å². The number of anilines is 1. The van der Waals surface area contributed by atoms with Crippen LogP contribution in [0.5, 0.6) is 0 Å². The van der Waals surface area contributed by atoms with Crippen LogP contribution in [0.25, 0.3) is 0 Å². The Kier molecular flexibility index (Phi) is 5.60. The molecule has 1 aromatic heterocycles. The molecule has 5 nitrogen and oxygen atoms in total. The average Bonchev–Trinajstić information content (AvgIpc) is 3.17. The molecule has 1 aliphatic carbocycles. The maximum Gasteiger partial charge on any atom is 0.240 e. The first-order valence-corrected chi connectivity index (χ1v) is 9.20. The standard InChI is InChI=1S/C18H23N3O2S/c1-13-12-24-18(19-13)20-17(23)11-21(9-4-10-22)16-8-7-14-5-2-3-6-15(14)16/h2-3,5-6,12,16,22H,4,7-11H2,1H3,(H,19,20,23). The number of hydrogen-bond acceptors (Lipinski definition) is 5. The molecule has 0 fully saturated rings. The van der Waals surface area contributed by atoms with E-state index in [1.165, 1.54) is 22.5 Å². The summed E-state index contributed by atoms with van der Waals surface area (Å²) in [5.41, 5.74) is 3.60. The number of aromatic nitrogens is 1. The number of rotatable bonds is 7. The number of hydrogen-bond donors (Lipinski definition) is 2. The zero-order valence-electron chi connectivity index (χ0n) is 13.9. The largest absolute Gasteiger partial charge is 0.396 e. The Balaban J connectivity index is 1.69. The van der Waals surface area contributed by atoms with E-state index in [9.17, 15) is 9.90 Å². The lowest BCUT2D eigenvalue weighted by molar-refractivity contribution is -0.118. The number of aliphatic hydroxyl groups is 1. The van der Waals surface area contributed by atoms with E-state index in [1.54, 1.807) is 0 Å². The second-order valence-corrected chi connectivity index (χ2v) is 7.00. The summed E-state index contributed by atoms with van der Waals surface area (Å²) >= 11 is 1.44. The smallest absolute Gasteiger partial charge is 0.240 e. The molecule has 1 aliphatic rings. The maximum atomic E-state index is 12.4. The minimum atomic E-state index is -0.0494. The summed E-state index contributed by atoms with van der Waals surface area (Å²) in [6, 6.07) is 8.69. The summed E-state index contributed by atoms with van der Waals surface area (Å²) in [5.74, 6) is -0.0494. The molecule has 1 heterocycles. The van der Waals surface area contributed by atoms with Gasteiger partial charge in [0.15, 0.2) is 5.13 Å². The number of aliphatic hydroxyl groups excluding tert-OH is 1. The molecular weight excluding hydrogens is 322 g/mol. The SMILES string of the molecule is Cc1csc(NC(=O)CN(CCCO)C2CCc3ccccc32)n1. The minimum Gasteiger partial charge on any atom is -0.396 e. The van der Waals surface area contributed by atoms with Gasteiger partial charge in [-0.2, -0.15) is 0 Å². The Morgan fingerprint density at radius 2 is 2.29 bits per heavy atom. The highest BCUT2D eigenvalue weighted by molar-refractivity contribution is 7.13. The van der Waals surface area contributed by atoms with Crippen LogP contribution in [0, 0.1) is 6.92 Å². The van der Waals surface area contributed by atoms with E-state index in [0.29, 0.717) is 24.6 Å². The van der Waals surface area contributed by atoms with Gasteiger partial charge in [-0.1, -0.05) is 24.3 Å². The van der Waals surface area contributed by atoms with Crippen LogP contribution < -0.4 is 5.32 Å². The van der Waals surface area contributed by atoms with Gasteiger partial charge in [0.1, 0.15) is 0 Å². The third-order valence-electron chi connectivity index (χ3n) is 4.36. The molecule has 0 aliphatic heterocycles. The van der Waals surface area contributed by atoms with Crippen LogP contribution in [0.4, 0.5) is 5.13 Å². The van der Waals surface area contributed by atoms with Gasteiger partial charge in [0, 0.05) is 24.6 Å². The first kappa shape index (κ1) is 17.1. The number of carbonyl (C=O) groups excluding carboxylic acids is 1. The van der Waals surface area contributed by atoms with Crippen molar-refractivity contribution in [3.8, 4) is 0 Å². The molecule has 0 radical (unpaired) electrons. The average molecular weight is 345 g/mol. The molecule has 0 saturated carbocycles. The number of benzene rings is 1. The summed E-state index contributed by atoms with van der Waals surface area (Å²) in [6.45, 7) is 3.07. The van der Waals surface area contributed by atoms with Crippen molar-refractivity contribution in [3.05, 3.63) is 46.5 Å². The Morgan fingerprint density at radius 1 is 1.46 bits per heavy atom. The highest BCUT2D eigenvalue weighted by atomic mass is 32.1. The summed E-state index contributed by atoms with van der Waals surface area (Å²) in [5, 5.41) is 14.6. The highest BCUT2D eigenvalue weighted by Gasteiger charge is 2.28. The Labute approximate surface area is 146 Å². The first-order chi connectivity index (χ1) is 11.7. The molecule has 1 unspecified atom stereocenters. The van der Waals surface area contributed by atoms with Crippen LogP contribution in [0.1, 0.15) is 35.7 Å². The molecule has 2 aromatic rings. The van der Waals surface area contributed by atoms with Crippen molar-refractivity contribution in [2.75, 3.05) is 25.0 Å². The molecule has 2 N–H and O–H groups in total. The topological polar surface area (TPSA) is 65.5 Å². The number of aryl methyl sites for hydroxylation is 2. The van der Waals surface area contributed by atoms with Gasteiger partial charge in [-0.3, -0.25) is 9.69 Å². The van der Waals surface area contributed by atoms with Crippen LogP contribution in [0.3, 0.4) is 0 Å². The Bertz CT molecular complexity index is 701. The van der Waals surface area contributed by atoms with Gasteiger partial charge >= 0.3 is 0 Å². The highest BCUT2D eigenvalue weighted by Crippen LogP contribution is 2.35. The molecule has 1 amide bonds. The minimum absolute atomic E-state index is 0.0494. The second kappa shape index (κ2) is 7.88. The lowest BCUT2D eigenvalue weighted by atomic mass is 10.1. The summed E-state index contributed by atoms with van der Waals surface area (Å²) in [6.07, 6.45) is 2.74. The lowest BCUT2D eigenvalue weighted by Crippen LogP contribution is -2.36. The van der Waals surface area contributed by atoms with E-state index in [1.807, 2.05) is 12.3 Å². The van der Waals surface area contributed by atoms with E-state index in [4.69, 9.17) is 0 Å². The second-order valence-electron chi connectivity index (χ2n) is 6.14. The van der Waals surface area contributed by atoms with Crippen molar-refractivity contribution in [3.63, 3.8) is 0 Å². The molecule has 0 bridgehead atoms. The maximum absolute atomic E-state index is 12.4. The summed E-state index contributed by atoms with van der Waals surface area (Å²) in [7, 11) is 0. The molecular formula is C18H23N3O2S. The summed E-state index contributed by atoms with van der Waals surface area (Å²) in [4.78, 5) is 18.9. The predicted octanol–water partition coefficient (Wildman–Crippen LogP) is 2.76. The van der Waals surface area contributed by atoms with Gasteiger partial charge in [0.25, 0.3) is 0 Å². The van der Waals surface area contributed by atoms with E-state index >= 15 is 0 Å². The lowest BCUT2D eigenvalue weighted by Gasteiger charge is -2.28. The Morgan fingerprint density at radius 3 is 3.04 bits per heavy atom. The predicted molar refractivity (Wildman–Crippen MR) is 96.3 cm³/mol. The number of fused-ring (bicyclic) bond motifs is 1. The van der Waals surface area contributed by atoms with Crippen molar-refractivity contribution in [2.24, 2.45) is 0 Å². The van der Waals surface area contributed by atoms with Crippen molar-refractivity contribution in [1.29, 1.82) is 0 Å². The fourth-order valence-electron chi connectivity index (χ4n) is 3.29. The number of nitrogens with zero attached hydrogens (tertiary/aromatic N) is 2. The van der Waals surface area contributed by atoms with E-state index in [-0.39, 0.29) is 18.6 Å². The molecule has 3 rings (SSSR count). The fourth-order valence-corrected chi connectivity index (χ4v) is 3.99. The molecule has 1 atom stereocenters. The number of nitrogens with one attached hydrogen (secondary N) is 1. The Hall–Kier alpha value is -1.76. The van der Waals surface area contributed by atoms with Crippen LogP contribution in [-0.2, 0) is 11.2 Å². The van der Waals surface area contributed by atoms with Gasteiger partial charge in [0.05, 0.1) is 12.2 Å². The molecule has 1 aromatic carbocycles. The molecule has 128 valence electrons. The fraction of sp³-hybridized carbons (Fsp3) is 0.444. The quantitative estimate of drug-likeness (QED) is 0.810. The van der Waals surface area contributed by atoms with Crippen molar-refractivity contribution in [2.45, 2.75) is 32.2 Å². The molecule has 0 spiro atoms. The molecule has 0 saturated heterocycles.